The number of nitrogens with one attached hydrogen (secondary N) is 1. The van der Waals surface area contributed by atoms with Gasteiger partial charge in [-0.15, -0.1) is 0 Å². The number of rotatable bonds is 4. The van der Waals surface area contributed by atoms with E-state index in [0.717, 1.165) is 39.2 Å². The summed E-state index contributed by atoms with van der Waals surface area (Å²) in [7, 11) is 1.67. The Hall–Kier alpha value is -4.32. The Balaban J connectivity index is 1.62. The fraction of sp³-hybridized carbons (Fsp3) is 0.111. The number of hydrogen-bond donors (Lipinski definition) is 1. The van der Waals surface area contributed by atoms with Crippen LogP contribution in [-0.2, 0) is 6.54 Å². The molecule has 0 unspecified atom stereocenters. The van der Waals surface area contributed by atoms with Gasteiger partial charge in [0.15, 0.2) is 0 Å². The van der Waals surface area contributed by atoms with Gasteiger partial charge < -0.3 is 18.5 Å². The van der Waals surface area contributed by atoms with Crippen LogP contribution in [0.15, 0.2) is 89.8 Å². The van der Waals surface area contributed by atoms with E-state index < -0.39 is 0 Å². The minimum atomic E-state index is -0.270. The fourth-order valence-electron chi connectivity index (χ4n) is 4.62. The van der Waals surface area contributed by atoms with Crippen molar-refractivity contribution in [3.63, 3.8) is 0 Å². The summed E-state index contributed by atoms with van der Waals surface area (Å²) in [5, 5.41) is 11.2. The molecule has 1 atom stereocenters. The quantitative estimate of drug-likeness (QED) is 0.400. The van der Waals surface area contributed by atoms with E-state index in [4.69, 9.17) is 19.3 Å². The van der Waals surface area contributed by atoms with E-state index in [2.05, 4.69) is 29.2 Å². The van der Waals surface area contributed by atoms with Crippen LogP contribution >= 0.6 is 0 Å². The molecular formula is C27H21N3O3. The van der Waals surface area contributed by atoms with Crippen LogP contribution in [0.2, 0.25) is 0 Å². The van der Waals surface area contributed by atoms with Crippen LogP contribution in [0.3, 0.4) is 0 Å². The second-order valence-corrected chi connectivity index (χ2v) is 8.00. The van der Waals surface area contributed by atoms with Gasteiger partial charge in [0, 0.05) is 16.5 Å². The molecule has 3 aromatic carbocycles. The summed E-state index contributed by atoms with van der Waals surface area (Å²) >= 11 is 0. The van der Waals surface area contributed by atoms with E-state index in [9.17, 15) is 0 Å². The summed E-state index contributed by atoms with van der Waals surface area (Å²) in [4.78, 5) is 4.64. The third-order valence-corrected chi connectivity index (χ3v) is 6.15. The van der Waals surface area contributed by atoms with Crippen molar-refractivity contribution in [1.82, 2.24) is 9.55 Å². The van der Waals surface area contributed by atoms with Crippen molar-refractivity contribution in [1.29, 1.82) is 5.41 Å². The molecule has 162 valence electrons. The Labute approximate surface area is 190 Å². The van der Waals surface area contributed by atoms with Crippen molar-refractivity contribution >= 4 is 10.8 Å². The van der Waals surface area contributed by atoms with Crippen molar-refractivity contribution in [2.75, 3.05) is 7.11 Å². The molecule has 1 aliphatic heterocycles. The van der Waals surface area contributed by atoms with Gasteiger partial charge >= 0.3 is 0 Å². The molecule has 1 N–H and O–H groups in total. The molecular weight excluding hydrogens is 414 g/mol. The zero-order valence-electron chi connectivity index (χ0n) is 18.0. The number of fused-ring (bicyclic) bond motifs is 4. The SMILES string of the molecule is COc1ccccc1[C@@H]1c2ccc3ccccc3c2Oc2ncn(Cc3ccco3)c(=N)c21. The second-order valence-electron chi connectivity index (χ2n) is 8.00. The molecule has 5 aromatic rings. The first-order valence-corrected chi connectivity index (χ1v) is 10.7. The van der Waals surface area contributed by atoms with E-state index in [1.807, 2.05) is 48.5 Å². The number of ether oxygens (including phenoxy) is 2. The van der Waals surface area contributed by atoms with Crippen molar-refractivity contribution in [3.8, 4) is 17.4 Å². The third kappa shape index (κ3) is 3.10. The van der Waals surface area contributed by atoms with Crippen molar-refractivity contribution < 1.29 is 13.9 Å². The van der Waals surface area contributed by atoms with Crippen LogP contribution in [0.25, 0.3) is 10.8 Å². The first-order valence-electron chi connectivity index (χ1n) is 10.7. The summed E-state index contributed by atoms with van der Waals surface area (Å²) < 4.78 is 19.4. The van der Waals surface area contributed by atoms with E-state index >= 15 is 0 Å². The van der Waals surface area contributed by atoms with Crippen molar-refractivity contribution in [2.45, 2.75) is 12.5 Å². The van der Waals surface area contributed by atoms with Crippen molar-refractivity contribution in [3.05, 3.63) is 113 Å². The molecule has 1 aliphatic rings. The lowest BCUT2D eigenvalue weighted by Crippen LogP contribution is -2.30. The summed E-state index contributed by atoms with van der Waals surface area (Å²) in [6.07, 6.45) is 3.27. The second kappa shape index (κ2) is 7.67. The third-order valence-electron chi connectivity index (χ3n) is 6.15. The maximum absolute atomic E-state index is 9.10. The molecule has 0 fully saturated rings. The van der Waals surface area contributed by atoms with Crippen LogP contribution < -0.4 is 15.0 Å². The molecule has 0 amide bonds. The molecule has 0 bridgehead atoms. The van der Waals surface area contributed by atoms with Gasteiger partial charge in [0.1, 0.15) is 29.1 Å². The van der Waals surface area contributed by atoms with Gasteiger partial charge in [0.25, 0.3) is 0 Å². The predicted molar refractivity (Wildman–Crippen MR) is 124 cm³/mol. The van der Waals surface area contributed by atoms with E-state index in [0.29, 0.717) is 23.5 Å². The van der Waals surface area contributed by atoms with Gasteiger partial charge in [-0.3, -0.25) is 5.41 Å². The number of aromatic nitrogens is 2. The highest BCUT2D eigenvalue weighted by molar-refractivity contribution is 5.91. The zero-order valence-corrected chi connectivity index (χ0v) is 18.0. The van der Waals surface area contributed by atoms with Gasteiger partial charge in [-0.2, -0.15) is 0 Å². The maximum Gasteiger partial charge on any atom is 0.228 e. The number of nitrogens with zero attached hydrogens (tertiary/aromatic N) is 2. The summed E-state index contributed by atoms with van der Waals surface area (Å²) in [6, 6.07) is 24.0. The molecule has 6 nitrogen and oxygen atoms in total. The highest BCUT2D eigenvalue weighted by Gasteiger charge is 2.34. The normalized spacial score (nSPS) is 14.4. The smallest absolute Gasteiger partial charge is 0.228 e. The average Bonchev–Trinajstić information content (AvgIpc) is 3.38. The Kier molecular flexibility index (Phi) is 4.50. The summed E-state index contributed by atoms with van der Waals surface area (Å²) in [6.45, 7) is 0.412. The van der Waals surface area contributed by atoms with Crippen LogP contribution in [0.5, 0.6) is 17.4 Å². The van der Waals surface area contributed by atoms with Gasteiger partial charge in [-0.05, 0) is 23.6 Å². The largest absolute Gasteiger partial charge is 0.496 e. The van der Waals surface area contributed by atoms with Gasteiger partial charge in [0.05, 0.1) is 31.4 Å². The number of furan rings is 1. The average molecular weight is 435 g/mol. The standard InChI is InChI=1S/C27H21N3O3/c1-31-22-11-5-4-10-20(22)23-21-13-12-17-7-2-3-9-19(17)25(21)33-27-24(23)26(28)30(16-29-27)15-18-8-6-14-32-18/h2-14,16,23,28H,15H2,1H3/t23-/m1/s1. The number of methoxy groups -OCH3 is 1. The number of hydrogen-bond acceptors (Lipinski definition) is 5. The highest BCUT2D eigenvalue weighted by atomic mass is 16.5. The zero-order chi connectivity index (χ0) is 22.4. The van der Waals surface area contributed by atoms with Crippen molar-refractivity contribution in [2.24, 2.45) is 0 Å². The van der Waals surface area contributed by atoms with Crippen LogP contribution in [0.4, 0.5) is 0 Å². The monoisotopic (exact) mass is 435 g/mol. The highest BCUT2D eigenvalue weighted by Crippen LogP contribution is 2.49. The predicted octanol–water partition coefficient (Wildman–Crippen LogP) is 5.45. The minimum absolute atomic E-state index is 0.270. The Morgan fingerprint density at radius 1 is 0.970 bits per heavy atom. The Bertz CT molecular complexity index is 1540. The molecule has 0 spiro atoms. The number of benzene rings is 3. The minimum Gasteiger partial charge on any atom is -0.496 e. The Morgan fingerprint density at radius 3 is 2.67 bits per heavy atom. The first-order chi connectivity index (χ1) is 16.2. The van der Waals surface area contributed by atoms with Crippen LogP contribution in [-0.4, -0.2) is 16.7 Å². The number of para-hydroxylation sites is 1. The summed E-state index contributed by atoms with van der Waals surface area (Å²) in [5.74, 6) is 2.46. The maximum atomic E-state index is 9.10. The fourth-order valence-corrected chi connectivity index (χ4v) is 4.62. The van der Waals surface area contributed by atoms with Crippen LogP contribution in [0, 0.1) is 5.41 Å². The summed E-state index contributed by atoms with van der Waals surface area (Å²) in [5.41, 5.74) is 2.98. The van der Waals surface area contributed by atoms with E-state index in [-0.39, 0.29) is 5.92 Å². The molecule has 33 heavy (non-hydrogen) atoms. The van der Waals surface area contributed by atoms with Gasteiger partial charge in [-0.1, -0.05) is 54.6 Å². The van der Waals surface area contributed by atoms with E-state index in [1.165, 1.54) is 0 Å². The molecule has 0 aliphatic carbocycles. The molecule has 0 saturated carbocycles. The molecule has 0 radical (unpaired) electrons. The van der Waals surface area contributed by atoms with Crippen LogP contribution in [0.1, 0.15) is 28.4 Å². The molecule has 6 rings (SSSR count). The lowest BCUT2D eigenvalue weighted by Gasteiger charge is -2.30. The molecule has 6 heteroatoms. The van der Waals surface area contributed by atoms with Gasteiger partial charge in [0.2, 0.25) is 5.88 Å². The molecule has 0 saturated heterocycles. The molecule has 2 aromatic heterocycles. The topological polar surface area (TPSA) is 73.3 Å². The lowest BCUT2D eigenvalue weighted by molar-refractivity contribution is 0.401. The van der Waals surface area contributed by atoms with E-state index in [1.54, 1.807) is 24.3 Å². The lowest BCUT2D eigenvalue weighted by atomic mass is 9.82. The first kappa shape index (κ1) is 19.4. The Morgan fingerprint density at radius 2 is 1.82 bits per heavy atom. The molecule has 3 heterocycles. The van der Waals surface area contributed by atoms with Gasteiger partial charge in [-0.25, -0.2) is 4.98 Å².